The maximum atomic E-state index is 11.1. The van der Waals surface area contributed by atoms with Gasteiger partial charge >= 0.3 is 5.97 Å². The minimum atomic E-state index is -1.13. The van der Waals surface area contributed by atoms with Crippen LogP contribution in [0, 0.1) is 0 Å². The molecule has 0 saturated carbocycles. The van der Waals surface area contributed by atoms with Crippen LogP contribution in [0.15, 0.2) is 29.3 Å². The van der Waals surface area contributed by atoms with Crippen molar-refractivity contribution in [1.29, 1.82) is 0 Å². The third-order valence-electron chi connectivity index (χ3n) is 2.20. The number of nitrogens with zero attached hydrogens (tertiary/aromatic N) is 2. The van der Waals surface area contributed by atoms with Crippen LogP contribution in [0.3, 0.4) is 0 Å². The zero-order valence-electron chi connectivity index (χ0n) is 8.12. The number of hydrogen-bond donors (Lipinski definition) is 2. The predicted octanol–water partition coefficient (Wildman–Crippen LogP) is 0.363. The first kappa shape index (κ1) is 10.3. The van der Waals surface area contributed by atoms with Crippen LogP contribution in [0.25, 0.3) is 0 Å². The summed E-state index contributed by atoms with van der Waals surface area (Å²) < 4.78 is 0. The summed E-state index contributed by atoms with van der Waals surface area (Å²) >= 11 is 0. The Morgan fingerprint density at radius 3 is 2.62 bits per heavy atom. The second-order valence-corrected chi connectivity index (χ2v) is 3.20. The topological polar surface area (TPSA) is 90.2 Å². The number of carbonyl (C=O) groups excluding carboxylic acids is 1. The van der Waals surface area contributed by atoms with Crippen molar-refractivity contribution in [2.75, 3.05) is 6.54 Å². The lowest BCUT2D eigenvalue weighted by Crippen LogP contribution is -2.30. The molecule has 1 amide bonds. The summed E-state index contributed by atoms with van der Waals surface area (Å²) in [5, 5.41) is 18.7. The second kappa shape index (κ2) is 3.74. The Hall–Kier alpha value is -2.21. The standard InChI is InChI=1S/C10H8N2O4/c13-8-5-11-9(12(8)16)6-3-1-2-4-7(6)10(14)15/h1-4,16H,5H2,(H,14,15). The first-order valence-corrected chi connectivity index (χ1v) is 4.50. The van der Waals surface area contributed by atoms with E-state index in [0.29, 0.717) is 5.06 Å². The number of carbonyl (C=O) groups is 2. The molecule has 1 aromatic rings. The van der Waals surface area contributed by atoms with Gasteiger partial charge in [0.15, 0.2) is 5.84 Å². The van der Waals surface area contributed by atoms with Gasteiger partial charge in [-0.3, -0.25) is 15.0 Å². The maximum absolute atomic E-state index is 11.1. The molecule has 0 radical (unpaired) electrons. The van der Waals surface area contributed by atoms with Crippen molar-refractivity contribution >= 4 is 17.7 Å². The lowest BCUT2D eigenvalue weighted by atomic mass is 10.1. The average Bonchev–Trinajstić information content (AvgIpc) is 2.60. The molecule has 1 aromatic carbocycles. The Labute approximate surface area is 90.4 Å². The Balaban J connectivity index is 2.49. The molecule has 2 rings (SSSR count). The molecule has 0 saturated heterocycles. The van der Waals surface area contributed by atoms with Crippen molar-refractivity contribution in [1.82, 2.24) is 5.06 Å². The monoisotopic (exact) mass is 220 g/mol. The van der Waals surface area contributed by atoms with Gasteiger partial charge in [0.05, 0.1) is 5.56 Å². The van der Waals surface area contributed by atoms with Gasteiger partial charge in [-0.15, -0.1) is 0 Å². The van der Waals surface area contributed by atoms with Gasteiger partial charge in [0, 0.05) is 5.56 Å². The molecule has 6 nitrogen and oxygen atoms in total. The molecule has 1 aliphatic rings. The van der Waals surface area contributed by atoms with Crippen LogP contribution in [0.5, 0.6) is 0 Å². The lowest BCUT2D eigenvalue weighted by Gasteiger charge is -2.11. The van der Waals surface area contributed by atoms with Crippen LogP contribution in [-0.2, 0) is 4.79 Å². The summed E-state index contributed by atoms with van der Waals surface area (Å²) in [4.78, 5) is 25.8. The van der Waals surface area contributed by atoms with Gasteiger partial charge in [-0.05, 0) is 6.07 Å². The molecule has 1 heterocycles. The molecule has 2 N–H and O–H groups in total. The molecule has 0 unspecified atom stereocenters. The number of amides is 1. The third-order valence-corrected chi connectivity index (χ3v) is 2.20. The normalized spacial score (nSPS) is 15.2. The molecule has 1 aliphatic heterocycles. The van der Waals surface area contributed by atoms with Crippen molar-refractivity contribution in [2.45, 2.75) is 0 Å². The molecule has 0 atom stereocenters. The van der Waals surface area contributed by atoms with Crippen LogP contribution in [-0.4, -0.2) is 39.6 Å². The van der Waals surface area contributed by atoms with Gasteiger partial charge in [-0.1, -0.05) is 18.2 Å². The van der Waals surface area contributed by atoms with E-state index in [1.165, 1.54) is 12.1 Å². The third kappa shape index (κ3) is 1.55. The Morgan fingerprint density at radius 2 is 2.06 bits per heavy atom. The predicted molar refractivity (Wildman–Crippen MR) is 53.4 cm³/mol. The van der Waals surface area contributed by atoms with Gasteiger partial charge in [-0.2, -0.15) is 5.06 Å². The van der Waals surface area contributed by atoms with Crippen molar-refractivity contribution < 1.29 is 19.9 Å². The average molecular weight is 220 g/mol. The van der Waals surface area contributed by atoms with Crippen LogP contribution in [0.2, 0.25) is 0 Å². The molecule has 6 heteroatoms. The van der Waals surface area contributed by atoms with Crippen molar-refractivity contribution in [3.63, 3.8) is 0 Å². The number of benzene rings is 1. The van der Waals surface area contributed by atoms with E-state index in [0.717, 1.165) is 0 Å². The Morgan fingerprint density at radius 1 is 1.38 bits per heavy atom. The van der Waals surface area contributed by atoms with Gasteiger partial charge in [0.1, 0.15) is 6.54 Å². The number of carboxylic acids is 1. The molecule has 0 aliphatic carbocycles. The fraction of sp³-hybridized carbons (Fsp3) is 0.100. The molecule has 82 valence electrons. The summed E-state index contributed by atoms with van der Waals surface area (Å²) in [6.45, 7) is -0.167. The highest BCUT2D eigenvalue weighted by molar-refractivity contribution is 6.15. The number of amidine groups is 1. The largest absolute Gasteiger partial charge is 0.478 e. The second-order valence-electron chi connectivity index (χ2n) is 3.20. The van der Waals surface area contributed by atoms with E-state index in [-0.39, 0.29) is 23.5 Å². The number of hydroxylamine groups is 2. The zero-order valence-corrected chi connectivity index (χ0v) is 8.12. The van der Waals surface area contributed by atoms with E-state index in [1.54, 1.807) is 12.1 Å². The Kier molecular flexibility index (Phi) is 2.41. The van der Waals surface area contributed by atoms with Crippen molar-refractivity contribution in [2.24, 2.45) is 4.99 Å². The summed E-state index contributed by atoms with van der Waals surface area (Å²) in [7, 11) is 0. The minimum absolute atomic E-state index is 0.00463. The van der Waals surface area contributed by atoms with E-state index >= 15 is 0 Å². The number of carboxylic acid groups (broad SMARTS) is 1. The molecular weight excluding hydrogens is 212 g/mol. The SMILES string of the molecule is O=C(O)c1ccccc1C1=NCC(=O)N1O. The van der Waals surface area contributed by atoms with Crippen LogP contribution < -0.4 is 0 Å². The lowest BCUT2D eigenvalue weighted by molar-refractivity contribution is -0.145. The van der Waals surface area contributed by atoms with Crippen molar-refractivity contribution in [3.05, 3.63) is 35.4 Å². The molecule has 0 bridgehead atoms. The quantitative estimate of drug-likeness (QED) is 0.704. The summed E-state index contributed by atoms with van der Waals surface area (Å²) in [5.41, 5.74) is 0.221. The summed E-state index contributed by atoms with van der Waals surface area (Å²) in [6, 6.07) is 6.05. The van der Waals surface area contributed by atoms with E-state index in [9.17, 15) is 14.8 Å². The smallest absolute Gasteiger partial charge is 0.336 e. The van der Waals surface area contributed by atoms with Gasteiger partial charge < -0.3 is 5.11 Å². The first-order chi connectivity index (χ1) is 7.61. The van der Waals surface area contributed by atoms with Crippen LogP contribution in [0.1, 0.15) is 15.9 Å². The molecule has 16 heavy (non-hydrogen) atoms. The highest BCUT2D eigenvalue weighted by Crippen LogP contribution is 2.15. The fourth-order valence-corrected chi connectivity index (χ4v) is 1.46. The zero-order chi connectivity index (χ0) is 11.7. The van der Waals surface area contributed by atoms with Crippen LogP contribution >= 0.6 is 0 Å². The molecule has 0 spiro atoms. The number of aliphatic imine (C=N–C) groups is 1. The van der Waals surface area contributed by atoms with E-state index < -0.39 is 11.9 Å². The molecule has 0 fully saturated rings. The van der Waals surface area contributed by atoms with E-state index in [4.69, 9.17) is 5.11 Å². The number of rotatable bonds is 2. The fourth-order valence-electron chi connectivity index (χ4n) is 1.46. The van der Waals surface area contributed by atoms with Crippen molar-refractivity contribution in [3.8, 4) is 0 Å². The highest BCUT2D eigenvalue weighted by Gasteiger charge is 2.27. The minimum Gasteiger partial charge on any atom is -0.478 e. The maximum Gasteiger partial charge on any atom is 0.336 e. The van der Waals surface area contributed by atoms with E-state index in [2.05, 4.69) is 4.99 Å². The molecular formula is C10H8N2O4. The van der Waals surface area contributed by atoms with Gasteiger partial charge in [0.25, 0.3) is 5.91 Å². The van der Waals surface area contributed by atoms with Gasteiger partial charge in [0.2, 0.25) is 0 Å². The molecule has 0 aromatic heterocycles. The van der Waals surface area contributed by atoms with Gasteiger partial charge in [-0.25, -0.2) is 4.79 Å². The highest BCUT2D eigenvalue weighted by atomic mass is 16.5. The summed E-state index contributed by atoms with van der Waals surface area (Å²) in [5.74, 6) is -1.73. The first-order valence-electron chi connectivity index (χ1n) is 4.50. The Bertz CT molecular complexity index is 495. The number of aromatic carboxylic acids is 1. The van der Waals surface area contributed by atoms with Crippen LogP contribution in [0.4, 0.5) is 0 Å². The summed E-state index contributed by atoms with van der Waals surface area (Å²) in [6.07, 6.45) is 0. The van der Waals surface area contributed by atoms with E-state index in [1.807, 2.05) is 0 Å². The number of hydrogen-bond acceptors (Lipinski definition) is 4.